The van der Waals surface area contributed by atoms with Crippen molar-refractivity contribution in [3.63, 3.8) is 0 Å². The van der Waals surface area contributed by atoms with Crippen molar-refractivity contribution in [2.24, 2.45) is 0 Å². The third kappa shape index (κ3) is 5.62. The summed E-state index contributed by atoms with van der Waals surface area (Å²) in [5, 5.41) is 5.69. The molecule has 2 atom stereocenters. The third-order valence-electron chi connectivity index (χ3n) is 4.63. The van der Waals surface area contributed by atoms with Crippen LogP contribution in [0.25, 0.3) is 0 Å². The molecule has 1 unspecified atom stereocenters. The van der Waals surface area contributed by atoms with Gasteiger partial charge in [-0.3, -0.25) is 9.59 Å². The van der Waals surface area contributed by atoms with Crippen molar-refractivity contribution < 1.29 is 18.9 Å². The lowest BCUT2D eigenvalue weighted by atomic mass is 10.1. The van der Waals surface area contributed by atoms with Gasteiger partial charge in [-0.2, -0.15) is 0 Å². The number of quaternary nitrogens is 1. The predicted octanol–water partition coefficient (Wildman–Crippen LogP) is 2.23. The van der Waals surface area contributed by atoms with Crippen molar-refractivity contribution in [3.8, 4) is 0 Å². The van der Waals surface area contributed by atoms with Crippen molar-refractivity contribution in [1.29, 1.82) is 0 Å². The summed E-state index contributed by atoms with van der Waals surface area (Å²) >= 11 is 0. The first kappa shape index (κ1) is 20.6. The normalized spacial score (nSPS) is 13.0. The smallest absolute Gasteiger partial charge is 0.282 e. The maximum Gasteiger partial charge on any atom is 0.282 e. The molecule has 2 amide bonds. The molecule has 0 saturated heterocycles. The molecule has 0 radical (unpaired) electrons. The summed E-state index contributed by atoms with van der Waals surface area (Å²) in [4.78, 5) is 25.6. The molecule has 0 bridgehead atoms. The van der Waals surface area contributed by atoms with Crippen molar-refractivity contribution in [3.05, 3.63) is 58.9 Å². The minimum atomic E-state index is -0.444. The van der Waals surface area contributed by atoms with E-state index in [0.717, 1.165) is 27.3 Å². The van der Waals surface area contributed by atoms with E-state index >= 15 is 0 Å². The molecule has 0 fully saturated rings. The molecular weight excluding hydrogens is 345 g/mol. The molecule has 144 valence electrons. The molecule has 0 spiro atoms. The molecular formula is C21H27FN3O2+. The molecule has 0 aliphatic carbocycles. The molecule has 6 heteroatoms. The van der Waals surface area contributed by atoms with Crippen molar-refractivity contribution >= 4 is 23.2 Å². The zero-order valence-electron chi connectivity index (χ0n) is 16.4. The standard InChI is InChI=1S/C21H26FN3O2/c1-13-10-14(2)20(15(3)11-13)24-19(26)12-25(5)16(4)21(27)23-18-8-6-17(22)7-9-18/h6-11,16H,12H2,1-5H3,(H,23,27)(H,24,26)/p+1/t16-/m1/s1. The van der Waals surface area contributed by atoms with Gasteiger partial charge in [-0.05, 0) is 63.1 Å². The van der Waals surface area contributed by atoms with E-state index in [9.17, 15) is 14.0 Å². The number of hydrogen-bond donors (Lipinski definition) is 3. The fraction of sp³-hybridized carbons (Fsp3) is 0.333. The molecule has 5 nitrogen and oxygen atoms in total. The summed E-state index contributed by atoms with van der Waals surface area (Å²) in [5.41, 5.74) is 4.52. The number of anilines is 2. The summed E-state index contributed by atoms with van der Waals surface area (Å²) < 4.78 is 13.0. The number of halogens is 1. The molecule has 0 saturated carbocycles. The van der Waals surface area contributed by atoms with Crippen LogP contribution in [-0.2, 0) is 9.59 Å². The van der Waals surface area contributed by atoms with Crippen LogP contribution >= 0.6 is 0 Å². The Kier molecular flexibility index (Phi) is 6.69. The summed E-state index contributed by atoms with van der Waals surface area (Å²) in [7, 11) is 1.79. The van der Waals surface area contributed by atoms with Crippen LogP contribution in [0.1, 0.15) is 23.6 Å². The van der Waals surface area contributed by atoms with Crippen molar-refractivity contribution in [2.45, 2.75) is 33.7 Å². The molecule has 27 heavy (non-hydrogen) atoms. The highest BCUT2D eigenvalue weighted by atomic mass is 19.1. The molecule has 3 N–H and O–H groups in total. The van der Waals surface area contributed by atoms with Crippen LogP contribution in [0.2, 0.25) is 0 Å². The second-order valence-electron chi connectivity index (χ2n) is 7.06. The minimum Gasteiger partial charge on any atom is -0.321 e. The van der Waals surface area contributed by atoms with Crippen molar-refractivity contribution in [1.82, 2.24) is 0 Å². The van der Waals surface area contributed by atoms with Gasteiger partial charge in [-0.15, -0.1) is 0 Å². The summed E-state index contributed by atoms with van der Waals surface area (Å²) in [6.07, 6.45) is 0. The van der Waals surface area contributed by atoms with E-state index < -0.39 is 6.04 Å². The highest BCUT2D eigenvalue weighted by molar-refractivity contribution is 5.95. The van der Waals surface area contributed by atoms with Crippen LogP contribution in [0, 0.1) is 26.6 Å². The SMILES string of the molecule is Cc1cc(C)c(NC(=O)C[NH+](C)[C@H](C)C(=O)Nc2ccc(F)cc2)c(C)c1. The largest absolute Gasteiger partial charge is 0.321 e. The average molecular weight is 372 g/mol. The number of carbonyl (C=O) groups is 2. The maximum absolute atomic E-state index is 13.0. The first-order chi connectivity index (χ1) is 12.7. The Labute approximate surface area is 159 Å². The second kappa shape index (κ2) is 8.77. The van der Waals surface area contributed by atoms with Gasteiger partial charge in [0, 0.05) is 11.4 Å². The van der Waals surface area contributed by atoms with Crippen LogP contribution in [0.5, 0.6) is 0 Å². The van der Waals surface area contributed by atoms with Gasteiger partial charge in [0.1, 0.15) is 5.82 Å². The van der Waals surface area contributed by atoms with Crippen LogP contribution in [0.15, 0.2) is 36.4 Å². The molecule has 2 rings (SSSR count). The molecule has 0 heterocycles. The average Bonchev–Trinajstić information content (AvgIpc) is 2.59. The Morgan fingerprint density at radius 2 is 1.59 bits per heavy atom. The molecule has 2 aromatic rings. The molecule has 0 aromatic heterocycles. The van der Waals surface area contributed by atoms with Gasteiger partial charge in [0.25, 0.3) is 11.8 Å². The van der Waals surface area contributed by atoms with Crippen LogP contribution in [0.4, 0.5) is 15.8 Å². The van der Waals surface area contributed by atoms with E-state index in [4.69, 9.17) is 0 Å². The maximum atomic E-state index is 13.0. The summed E-state index contributed by atoms with van der Waals surface area (Å²) in [6, 6.07) is 9.19. The van der Waals surface area contributed by atoms with Crippen LogP contribution in [0.3, 0.4) is 0 Å². The quantitative estimate of drug-likeness (QED) is 0.728. The van der Waals surface area contributed by atoms with Gasteiger partial charge in [-0.25, -0.2) is 4.39 Å². The van der Waals surface area contributed by atoms with E-state index in [2.05, 4.69) is 10.6 Å². The Bertz CT molecular complexity index is 811. The first-order valence-electron chi connectivity index (χ1n) is 8.94. The van der Waals surface area contributed by atoms with E-state index in [-0.39, 0.29) is 24.2 Å². The zero-order valence-corrected chi connectivity index (χ0v) is 16.4. The van der Waals surface area contributed by atoms with E-state index in [0.29, 0.717) is 5.69 Å². The van der Waals surface area contributed by atoms with E-state index in [1.54, 1.807) is 14.0 Å². The lowest BCUT2D eigenvalue weighted by Crippen LogP contribution is -3.14. The summed E-state index contributed by atoms with van der Waals surface area (Å²) in [6.45, 7) is 7.86. The number of amides is 2. The van der Waals surface area contributed by atoms with Gasteiger partial charge < -0.3 is 15.5 Å². The number of nitrogens with one attached hydrogen (secondary N) is 3. The summed E-state index contributed by atoms with van der Waals surface area (Å²) in [5.74, 6) is -0.735. The number of rotatable bonds is 6. The van der Waals surface area contributed by atoms with Gasteiger partial charge in [0.15, 0.2) is 12.6 Å². The Morgan fingerprint density at radius 3 is 2.15 bits per heavy atom. The highest BCUT2D eigenvalue weighted by Crippen LogP contribution is 2.21. The molecule has 2 aromatic carbocycles. The zero-order chi connectivity index (χ0) is 20.1. The fourth-order valence-corrected chi connectivity index (χ4v) is 2.97. The first-order valence-corrected chi connectivity index (χ1v) is 8.94. The fourth-order valence-electron chi connectivity index (χ4n) is 2.97. The highest BCUT2D eigenvalue weighted by Gasteiger charge is 2.24. The molecule has 0 aliphatic rings. The second-order valence-corrected chi connectivity index (χ2v) is 7.06. The lowest BCUT2D eigenvalue weighted by molar-refractivity contribution is -0.885. The van der Waals surface area contributed by atoms with Crippen molar-refractivity contribution in [2.75, 3.05) is 24.2 Å². The van der Waals surface area contributed by atoms with Crippen LogP contribution < -0.4 is 15.5 Å². The molecule has 0 aliphatic heterocycles. The van der Waals surface area contributed by atoms with E-state index in [1.807, 2.05) is 32.9 Å². The Morgan fingerprint density at radius 1 is 1.04 bits per heavy atom. The monoisotopic (exact) mass is 372 g/mol. The van der Waals surface area contributed by atoms with E-state index in [1.165, 1.54) is 24.3 Å². The van der Waals surface area contributed by atoms with Gasteiger partial charge in [0.05, 0.1) is 7.05 Å². The van der Waals surface area contributed by atoms with Crippen LogP contribution in [-0.4, -0.2) is 31.4 Å². The number of likely N-dealkylation sites (N-methyl/N-ethyl adjacent to an activating group) is 1. The number of aryl methyl sites for hydroxylation is 3. The Hall–Kier alpha value is -2.73. The number of carbonyl (C=O) groups excluding carboxylic acids is 2. The van der Waals surface area contributed by atoms with Gasteiger partial charge >= 0.3 is 0 Å². The van der Waals surface area contributed by atoms with Gasteiger partial charge in [-0.1, -0.05) is 17.7 Å². The number of benzene rings is 2. The topological polar surface area (TPSA) is 62.6 Å². The van der Waals surface area contributed by atoms with Gasteiger partial charge in [0.2, 0.25) is 0 Å². The number of hydrogen-bond acceptors (Lipinski definition) is 2. The minimum absolute atomic E-state index is 0.149. The third-order valence-corrected chi connectivity index (χ3v) is 4.63. The Balaban J connectivity index is 1.95. The predicted molar refractivity (Wildman–Crippen MR) is 106 cm³/mol. The lowest BCUT2D eigenvalue weighted by Gasteiger charge is -2.21.